The van der Waals surface area contributed by atoms with Gasteiger partial charge in [0.2, 0.25) is 0 Å². The molecule has 0 fully saturated rings. The Morgan fingerprint density at radius 2 is 1.84 bits per heavy atom. The number of hydrogen-bond donors (Lipinski definition) is 1. The van der Waals surface area contributed by atoms with E-state index in [1.165, 1.54) is 11.3 Å². The largest absolute Gasteiger partial charge is 0.451 e. The van der Waals surface area contributed by atoms with Crippen LogP contribution in [0.3, 0.4) is 0 Å². The van der Waals surface area contributed by atoms with Crippen molar-refractivity contribution < 1.29 is 14.3 Å². The molecule has 0 bridgehead atoms. The van der Waals surface area contributed by atoms with Gasteiger partial charge in [0.25, 0.3) is 5.91 Å². The lowest BCUT2D eigenvalue weighted by atomic mass is 10.1. The number of carbonyl (C=O) groups is 2. The minimum absolute atomic E-state index is 0.338. The second-order valence-electron chi connectivity index (χ2n) is 7.50. The van der Waals surface area contributed by atoms with Gasteiger partial charge >= 0.3 is 5.97 Å². The standard InChI is InChI=1S/C24H23N3O3S/c1-15-9-10-16(2)20(11-15)25-22(28)14-30-24(29)21-12-19-17(3)26-27(23(19)31-21)13-18-7-5-4-6-8-18/h4-12H,13-14H2,1-3H3,(H,25,28). The van der Waals surface area contributed by atoms with Gasteiger partial charge in [0.05, 0.1) is 12.2 Å². The summed E-state index contributed by atoms with van der Waals surface area (Å²) >= 11 is 1.33. The summed E-state index contributed by atoms with van der Waals surface area (Å²) in [4.78, 5) is 26.2. The van der Waals surface area contributed by atoms with Crippen molar-refractivity contribution >= 4 is 39.1 Å². The Morgan fingerprint density at radius 1 is 1.06 bits per heavy atom. The number of carbonyl (C=O) groups excluding carboxylic acids is 2. The van der Waals surface area contributed by atoms with Gasteiger partial charge in [-0.2, -0.15) is 5.10 Å². The number of nitrogens with zero attached hydrogens (tertiary/aromatic N) is 2. The number of thiophene rings is 1. The number of aromatic nitrogens is 2. The van der Waals surface area contributed by atoms with Crippen molar-refractivity contribution in [2.24, 2.45) is 0 Å². The number of hydrogen-bond acceptors (Lipinski definition) is 5. The number of benzene rings is 2. The van der Waals surface area contributed by atoms with Gasteiger partial charge in [-0.3, -0.25) is 9.48 Å². The van der Waals surface area contributed by atoms with E-state index in [0.717, 1.165) is 38.3 Å². The second-order valence-corrected chi connectivity index (χ2v) is 8.53. The van der Waals surface area contributed by atoms with Crippen LogP contribution in [0.2, 0.25) is 0 Å². The van der Waals surface area contributed by atoms with Crippen LogP contribution in [0.1, 0.15) is 32.1 Å². The van der Waals surface area contributed by atoms with Crippen LogP contribution in [0.15, 0.2) is 54.6 Å². The summed E-state index contributed by atoms with van der Waals surface area (Å²) in [7, 11) is 0. The SMILES string of the molecule is Cc1ccc(C)c(NC(=O)COC(=O)c2cc3c(C)nn(Cc4ccccc4)c3s2)c1. The van der Waals surface area contributed by atoms with Gasteiger partial charge in [0.1, 0.15) is 9.71 Å². The number of esters is 1. The molecule has 0 spiro atoms. The normalized spacial score (nSPS) is 10.9. The van der Waals surface area contributed by atoms with Crippen LogP contribution in [0.25, 0.3) is 10.2 Å². The average Bonchev–Trinajstić information content (AvgIpc) is 3.31. The van der Waals surface area contributed by atoms with Crippen LogP contribution in [-0.2, 0) is 16.1 Å². The molecule has 2 aromatic carbocycles. The van der Waals surface area contributed by atoms with E-state index in [1.54, 1.807) is 6.07 Å². The van der Waals surface area contributed by atoms with Crippen molar-refractivity contribution in [2.45, 2.75) is 27.3 Å². The van der Waals surface area contributed by atoms with Crippen LogP contribution in [0, 0.1) is 20.8 Å². The summed E-state index contributed by atoms with van der Waals surface area (Å²) < 4.78 is 7.16. The van der Waals surface area contributed by atoms with E-state index in [2.05, 4.69) is 10.4 Å². The average molecular weight is 434 g/mol. The van der Waals surface area contributed by atoms with Crippen molar-refractivity contribution in [2.75, 3.05) is 11.9 Å². The molecule has 0 aliphatic carbocycles. The minimum Gasteiger partial charge on any atom is -0.451 e. The molecule has 2 aromatic heterocycles. The van der Waals surface area contributed by atoms with E-state index in [1.807, 2.05) is 74.0 Å². The second kappa shape index (κ2) is 8.73. The van der Waals surface area contributed by atoms with Crippen LogP contribution in [-0.4, -0.2) is 28.3 Å². The summed E-state index contributed by atoms with van der Waals surface area (Å²) in [5.41, 5.74) is 4.71. The van der Waals surface area contributed by atoms with Crippen LogP contribution in [0.4, 0.5) is 5.69 Å². The molecule has 6 nitrogen and oxygen atoms in total. The highest BCUT2D eigenvalue weighted by Gasteiger charge is 2.18. The summed E-state index contributed by atoms with van der Waals surface area (Å²) in [6.45, 7) is 6.08. The third-order valence-electron chi connectivity index (χ3n) is 4.99. The third kappa shape index (κ3) is 4.67. The lowest BCUT2D eigenvalue weighted by Crippen LogP contribution is -2.21. The Kier molecular flexibility index (Phi) is 5.86. The lowest BCUT2D eigenvalue weighted by molar-refractivity contribution is -0.119. The van der Waals surface area contributed by atoms with Crippen LogP contribution in [0.5, 0.6) is 0 Å². The fourth-order valence-electron chi connectivity index (χ4n) is 3.34. The molecule has 2 heterocycles. The van der Waals surface area contributed by atoms with Crippen molar-refractivity contribution in [3.8, 4) is 0 Å². The molecule has 4 rings (SSSR count). The summed E-state index contributed by atoms with van der Waals surface area (Å²) in [5, 5.41) is 8.31. The topological polar surface area (TPSA) is 73.2 Å². The Balaban J connectivity index is 1.44. The first kappa shape index (κ1) is 20.8. The number of ether oxygens (including phenoxy) is 1. The van der Waals surface area contributed by atoms with E-state index in [4.69, 9.17) is 4.74 Å². The van der Waals surface area contributed by atoms with Crippen molar-refractivity contribution in [3.63, 3.8) is 0 Å². The molecular weight excluding hydrogens is 410 g/mol. The number of amides is 1. The predicted octanol–water partition coefficient (Wildman–Crippen LogP) is 4.87. The molecule has 158 valence electrons. The number of nitrogens with one attached hydrogen (secondary N) is 1. The highest BCUT2D eigenvalue weighted by molar-refractivity contribution is 7.20. The monoisotopic (exact) mass is 433 g/mol. The van der Waals surface area contributed by atoms with E-state index in [0.29, 0.717) is 11.4 Å². The zero-order valence-electron chi connectivity index (χ0n) is 17.6. The fraction of sp³-hybridized carbons (Fsp3) is 0.208. The molecule has 0 unspecified atom stereocenters. The van der Waals surface area contributed by atoms with Gasteiger partial charge in [-0.15, -0.1) is 11.3 Å². The third-order valence-corrected chi connectivity index (χ3v) is 6.11. The first-order valence-electron chi connectivity index (χ1n) is 9.96. The maximum Gasteiger partial charge on any atom is 0.348 e. The quantitative estimate of drug-likeness (QED) is 0.441. The van der Waals surface area contributed by atoms with E-state index < -0.39 is 5.97 Å². The molecule has 0 aliphatic heterocycles. The Morgan fingerprint density at radius 3 is 2.61 bits per heavy atom. The molecule has 0 atom stereocenters. The number of anilines is 1. The molecule has 1 amide bonds. The maximum atomic E-state index is 12.5. The highest BCUT2D eigenvalue weighted by Crippen LogP contribution is 2.29. The van der Waals surface area contributed by atoms with E-state index >= 15 is 0 Å². The molecule has 4 aromatic rings. The van der Waals surface area contributed by atoms with Crippen LogP contribution >= 0.6 is 11.3 Å². The number of fused-ring (bicyclic) bond motifs is 1. The lowest BCUT2D eigenvalue weighted by Gasteiger charge is -2.09. The summed E-state index contributed by atoms with van der Waals surface area (Å²) in [6.07, 6.45) is 0. The molecule has 31 heavy (non-hydrogen) atoms. The Hall–Kier alpha value is -3.45. The summed E-state index contributed by atoms with van der Waals surface area (Å²) in [6, 6.07) is 17.6. The first-order chi connectivity index (χ1) is 14.9. The van der Waals surface area contributed by atoms with Gasteiger partial charge in [0.15, 0.2) is 6.61 Å². The molecule has 0 saturated heterocycles. The zero-order chi connectivity index (χ0) is 22.0. The van der Waals surface area contributed by atoms with Gasteiger partial charge in [0, 0.05) is 11.1 Å². The molecule has 7 heteroatoms. The molecule has 0 saturated carbocycles. The van der Waals surface area contributed by atoms with E-state index in [-0.39, 0.29) is 12.5 Å². The van der Waals surface area contributed by atoms with Crippen LogP contribution < -0.4 is 5.32 Å². The van der Waals surface area contributed by atoms with Gasteiger partial charge in [-0.1, -0.05) is 42.5 Å². The molecule has 0 radical (unpaired) electrons. The molecule has 0 aliphatic rings. The van der Waals surface area contributed by atoms with Crippen molar-refractivity contribution in [1.82, 2.24) is 9.78 Å². The van der Waals surface area contributed by atoms with Gasteiger partial charge < -0.3 is 10.1 Å². The molecule has 1 N–H and O–H groups in total. The first-order valence-corrected chi connectivity index (χ1v) is 10.8. The minimum atomic E-state index is -0.511. The fourth-order valence-corrected chi connectivity index (χ4v) is 4.39. The highest BCUT2D eigenvalue weighted by atomic mass is 32.1. The van der Waals surface area contributed by atoms with E-state index in [9.17, 15) is 9.59 Å². The number of aryl methyl sites for hydroxylation is 3. The maximum absolute atomic E-state index is 12.5. The zero-order valence-corrected chi connectivity index (χ0v) is 18.5. The van der Waals surface area contributed by atoms with Crippen molar-refractivity contribution in [3.05, 3.63) is 81.9 Å². The van der Waals surface area contributed by atoms with Crippen molar-refractivity contribution in [1.29, 1.82) is 0 Å². The summed E-state index contributed by atoms with van der Waals surface area (Å²) in [5.74, 6) is -0.877. The smallest absolute Gasteiger partial charge is 0.348 e. The van der Waals surface area contributed by atoms with Gasteiger partial charge in [-0.05, 0) is 49.6 Å². The molecular formula is C24H23N3O3S. The van der Waals surface area contributed by atoms with Gasteiger partial charge in [-0.25, -0.2) is 4.79 Å². The Labute approximate surface area is 184 Å². The Bertz CT molecular complexity index is 1260. The number of rotatable bonds is 6. The predicted molar refractivity (Wildman–Crippen MR) is 123 cm³/mol.